The second kappa shape index (κ2) is 3.27. The number of likely N-dealkylation sites (tertiary alicyclic amines) is 1. The molecule has 15 heavy (non-hydrogen) atoms. The molecule has 0 aromatic rings. The number of nitrogens with zero attached hydrogens (tertiary/aromatic N) is 1. The smallest absolute Gasteiger partial charge is 0.00103 e. The van der Waals surface area contributed by atoms with Crippen LogP contribution in [0.25, 0.3) is 0 Å². The summed E-state index contributed by atoms with van der Waals surface area (Å²) in [4.78, 5) is 4.04. The Labute approximate surface area is 98.3 Å². The third-order valence-electron chi connectivity index (χ3n) is 5.18. The summed E-state index contributed by atoms with van der Waals surface area (Å²) in [6.07, 6.45) is 4.21. The molecule has 1 nitrogen and oxygen atoms in total. The van der Waals surface area contributed by atoms with Crippen LogP contribution in [-0.4, -0.2) is 24.5 Å². The van der Waals surface area contributed by atoms with Crippen LogP contribution in [0, 0.1) is 17.3 Å². The fourth-order valence-electron chi connectivity index (χ4n) is 3.93. The minimum atomic E-state index is 0.577. The lowest BCUT2D eigenvalue weighted by atomic mass is 9.71. The van der Waals surface area contributed by atoms with Crippen molar-refractivity contribution in [2.45, 2.75) is 33.1 Å². The van der Waals surface area contributed by atoms with Crippen LogP contribution >= 0.6 is 12.6 Å². The molecule has 0 radical (unpaired) electrons. The van der Waals surface area contributed by atoms with Crippen molar-refractivity contribution in [2.75, 3.05) is 19.6 Å². The lowest BCUT2D eigenvalue weighted by Crippen LogP contribution is -2.41. The Kier molecular flexibility index (Phi) is 2.23. The van der Waals surface area contributed by atoms with E-state index in [2.05, 4.69) is 18.7 Å². The average molecular weight is 223 g/mol. The van der Waals surface area contributed by atoms with E-state index >= 15 is 0 Å². The summed E-state index contributed by atoms with van der Waals surface area (Å²) in [7, 11) is 0. The molecule has 1 aliphatic heterocycles. The van der Waals surface area contributed by atoms with Gasteiger partial charge in [-0.2, -0.15) is 0 Å². The largest absolute Gasteiger partial charge is 0.304 e. The zero-order valence-corrected chi connectivity index (χ0v) is 10.7. The van der Waals surface area contributed by atoms with E-state index in [-0.39, 0.29) is 0 Å². The highest BCUT2D eigenvalue weighted by Crippen LogP contribution is 2.68. The van der Waals surface area contributed by atoms with Crippen LogP contribution in [-0.2, 0) is 0 Å². The van der Waals surface area contributed by atoms with E-state index in [1.54, 1.807) is 5.57 Å². The van der Waals surface area contributed by atoms with E-state index in [0.29, 0.717) is 5.41 Å². The van der Waals surface area contributed by atoms with Gasteiger partial charge in [0.05, 0.1) is 0 Å². The Bertz CT molecular complexity index is 312. The molecular weight excluding hydrogens is 202 g/mol. The highest BCUT2D eigenvalue weighted by molar-refractivity contribution is 7.84. The molecule has 0 N–H and O–H groups in total. The van der Waals surface area contributed by atoms with E-state index in [4.69, 9.17) is 12.6 Å². The van der Waals surface area contributed by atoms with Crippen molar-refractivity contribution in [1.29, 1.82) is 0 Å². The Morgan fingerprint density at radius 1 is 1.40 bits per heavy atom. The van der Waals surface area contributed by atoms with Crippen molar-refractivity contribution in [3.05, 3.63) is 10.5 Å². The van der Waals surface area contributed by atoms with Crippen LogP contribution in [0.15, 0.2) is 10.5 Å². The van der Waals surface area contributed by atoms with Crippen LogP contribution in [0.2, 0.25) is 0 Å². The van der Waals surface area contributed by atoms with Gasteiger partial charge in [-0.1, -0.05) is 12.5 Å². The van der Waals surface area contributed by atoms with Gasteiger partial charge < -0.3 is 4.90 Å². The molecule has 2 fully saturated rings. The van der Waals surface area contributed by atoms with Crippen molar-refractivity contribution in [3.63, 3.8) is 0 Å². The van der Waals surface area contributed by atoms with Crippen molar-refractivity contribution in [3.8, 4) is 0 Å². The van der Waals surface area contributed by atoms with Gasteiger partial charge in [-0.05, 0) is 68.0 Å². The summed E-state index contributed by atoms with van der Waals surface area (Å²) in [5, 5.41) is 0. The van der Waals surface area contributed by atoms with Gasteiger partial charge in [0.25, 0.3) is 0 Å². The first-order valence-corrected chi connectivity index (χ1v) is 6.76. The highest BCUT2D eigenvalue weighted by atomic mass is 32.1. The molecule has 0 aromatic heterocycles. The molecule has 2 aliphatic carbocycles. The summed E-state index contributed by atoms with van der Waals surface area (Å²) >= 11 is 4.72. The van der Waals surface area contributed by atoms with Gasteiger partial charge in [0.15, 0.2) is 0 Å². The van der Waals surface area contributed by atoms with Gasteiger partial charge in [0, 0.05) is 0 Å². The maximum Gasteiger partial charge on any atom is -0.00103 e. The van der Waals surface area contributed by atoms with Crippen LogP contribution in [0.5, 0.6) is 0 Å². The van der Waals surface area contributed by atoms with Crippen molar-refractivity contribution < 1.29 is 0 Å². The fourth-order valence-corrected chi connectivity index (χ4v) is 4.44. The van der Waals surface area contributed by atoms with Gasteiger partial charge in [-0.25, -0.2) is 0 Å². The number of hydrogen-bond donors (Lipinski definition) is 1. The lowest BCUT2D eigenvalue weighted by molar-refractivity contribution is 0.121. The molecule has 84 valence electrons. The molecule has 1 saturated carbocycles. The number of fused-ring (bicyclic) bond motifs is 2. The second-order valence-electron chi connectivity index (χ2n) is 5.55. The molecule has 2 atom stereocenters. The van der Waals surface area contributed by atoms with Crippen LogP contribution in [0.3, 0.4) is 0 Å². The van der Waals surface area contributed by atoms with Gasteiger partial charge >= 0.3 is 0 Å². The number of allylic oxidation sites excluding steroid dienone is 2. The molecule has 0 amide bonds. The molecule has 1 spiro atoms. The van der Waals surface area contributed by atoms with E-state index < -0.39 is 0 Å². The van der Waals surface area contributed by atoms with Gasteiger partial charge in [-0.3, -0.25) is 0 Å². The molecule has 2 unspecified atom stereocenters. The highest BCUT2D eigenvalue weighted by Gasteiger charge is 2.60. The van der Waals surface area contributed by atoms with Gasteiger partial charge in [-0.15, -0.1) is 12.6 Å². The lowest BCUT2D eigenvalue weighted by Gasteiger charge is -2.41. The number of rotatable bonds is 1. The maximum absolute atomic E-state index is 4.72. The molecule has 1 heterocycles. The van der Waals surface area contributed by atoms with E-state index in [0.717, 1.165) is 11.8 Å². The summed E-state index contributed by atoms with van der Waals surface area (Å²) in [5.41, 5.74) is 2.22. The molecule has 3 aliphatic rings. The van der Waals surface area contributed by atoms with E-state index in [1.165, 1.54) is 43.8 Å². The second-order valence-corrected chi connectivity index (χ2v) is 6.03. The summed E-state index contributed by atoms with van der Waals surface area (Å²) in [6, 6.07) is 0. The Balaban J connectivity index is 1.82. The van der Waals surface area contributed by atoms with E-state index in [1.807, 2.05) is 0 Å². The Morgan fingerprint density at radius 2 is 2.07 bits per heavy atom. The zero-order valence-electron chi connectivity index (χ0n) is 9.79. The van der Waals surface area contributed by atoms with Gasteiger partial charge in [0.1, 0.15) is 0 Å². The first-order valence-electron chi connectivity index (χ1n) is 6.31. The van der Waals surface area contributed by atoms with Crippen LogP contribution in [0.1, 0.15) is 33.1 Å². The summed E-state index contributed by atoms with van der Waals surface area (Å²) in [6.45, 7) is 8.45. The number of piperidine rings is 1. The molecule has 0 aromatic carbocycles. The Hall–Kier alpha value is 0.0500. The minimum Gasteiger partial charge on any atom is -0.304 e. The molecule has 3 rings (SSSR count). The van der Waals surface area contributed by atoms with Crippen LogP contribution in [0.4, 0.5) is 0 Å². The predicted molar refractivity (Wildman–Crippen MR) is 67.1 cm³/mol. The quantitative estimate of drug-likeness (QED) is 0.669. The maximum atomic E-state index is 4.72. The molecular formula is C13H21NS. The molecule has 1 saturated heterocycles. The normalized spacial score (nSPS) is 38.6. The van der Waals surface area contributed by atoms with Gasteiger partial charge in [0.2, 0.25) is 0 Å². The SMILES string of the molecule is CCN1CCC2(CC1)C(C)=C(S)C1CC12. The minimum absolute atomic E-state index is 0.577. The fraction of sp³-hybridized carbons (Fsp3) is 0.846. The molecule has 0 bridgehead atoms. The standard InChI is InChI=1S/C13H21NS/c1-3-14-6-4-13(5-7-14)9(2)12(15)10-8-11(10)13/h10-11,15H,3-8H2,1-2H3. The number of thiol groups is 1. The summed E-state index contributed by atoms with van der Waals surface area (Å²) in [5.74, 6) is 1.84. The van der Waals surface area contributed by atoms with Crippen molar-refractivity contribution >= 4 is 12.6 Å². The monoisotopic (exact) mass is 223 g/mol. The third kappa shape index (κ3) is 1.27. The average Bonchev–Trinajstić information content (AvgIpc) is 3.04. The first kappa shape index (κ1) is 10.2. The Morgan fingerprint density at radius 3 is 2.53 bits per heavy atom. The summed E-state index contributed by atoms with van der Waals surface area (Å²) < 4.78 is 0. The number of hydrogen-bond acceptors (Lipinski definition) is 2. The van der Waals surface area contributed by atoms with Crippen LogP contribution < -0.4 is 0 Å². The first-order chi connectivity index (χ1) is 7.19. The van der Waals surface area contributed by atoms with Crippen molar-refractivity contribution in [1.82, 2.24) is 4.90 Å². The van der Waals surface area contributed by atoms with E-state index in [9.17, 15) is 0 Å². The third-order valence-corrected chi connectivity index (χ3v) is 5.85. The topological polar surface area (TPSA) is 3.24 Å². The predicted octanol–water partition coefficient (Wildman–Crippen LogP) is 2.94. The van der Waals surface area contributed by atoms with Crippen molar-refractivity contribution in [2.24, 2.45) is 17.3 Å². The zero-order chi connectivity index (χ0) is 10.6. The molecule has 2 heteroatoms.